The molecule has 1 aromatic rings. The van der Waals surface area contributed by atoms with Crippen LogP contribution in [0.1, 0.15) is 18.4 Å². The van der Waals surface area contributed by atoms with Gasteiger partial charge in [-0.15, -0.1) is 0 Å². The number of ether oxygens (including phenoxy) is 3. The Bertz CT molecular complexity index is 395. The Morgan fingerprint density at radius 2 is 2.00 bits per heavy atom. The van der Waals surface area contributed by atoms with Crippen LogP contribution in [-0.4, -0.2) is 34.0 Å². The topological polar surface area (TPSA) is 27.7 Å². The molecule has 1 aromatic carbocycles. The summed E-state index contributed by atoms with van der Waals surface area (Å²) in [6, 6.07) is 6.28. The van der Waals surface area contributed by atoms with Gasteiger partial charge in [0.1, 0.15) is 5.75 Å². The molecule has 0 unspecified atom stereocenters. The second-order valence-electron chi connectivity index (χ2n) is 4.68. The summed E-state index contributed by atoms with van der Waals surface area (Å²) in [5.41, 5.74) is 1.36. The lowest BCUT2D eigenvalue weighted by atomic mass is 9.75. The molecule has 0 radical (unpaired) electrons. The predicted octanol–water partition coefficient (Wildman–Crippen LogP) is 3.15. The van der Waals surface area contributed by atoms with E-state index in [4.69, 9.17) is 14.2 Å². The van der Waals surface area contributed by atoms with E-state index in [0.717, 1.165) is 42.9 Å². The molecule has 0 amide bonds. The minimum absolute atomic E-state index is 0.0712. The van der Waals surface area contributed by atoms with Crippen molar-refractivity contribution in [3.63, 3.8) is 0 Å². The molecule has 4 heteroatoms. The molecular weight excluding hydrogens is 296 g/mol. The molecule has 0 aromatic heterocycles. The van der Waals surface area contributed by atoms with E-state index >= 15 is 0 Å². The zero-order valence-corrected chi connectivity index (χ0v) is 12.5. The van der Waals surface area contributed by atoms with Gasteiger partial charge < -0.3 is 14.2 Å². The molecule has 2 rings (SSSR count). The zero-order valence-electron chi connectivity index (χ0n) is 10.9. The quantitative estimate of drug-likeness (QED) is 0.854. The second-order valence-corrected chi connectivity index (χ2v) is 5.53. The van der Waals surface area contributed by atoms with Crippen LogP contribution in [0.15, 0.2) is 22.7 Å². The average Bonchev–Trinajstić information content (AvgIpc) is 2.40. The molecule has 100 valence electrons. The summed E-state index contributed by atoms with van der Waals surface area (Å²) < 4.78 is 17.2. The molecule has 0 saturated carbocycles. The minimum Gasteiger partial charge on any atom is -0.496 e. The van der Waals surface area contributed by atoms with Crippen molar-refractivity contribution in [3.05, 3.63) is 28.2 Å². The van der Waals surface area contributed by atoms with Crippen molar-refractivity contribution in [3.8, 4) is 5.75 Å². The Morgan fingerprint density at radius 3 is 2.56 bits per heavy atom. The first-order valence-electron chi connectivity index (χ1n) is 6.12. The van der Waals surface area contributed by atoms with E-state index in [0.29, 0.717) is 0 Å². The standard InChI is InChI=1S/C14H19BrO3/c1-16-10-14(5-7-18-8-6-14)11-3-4-13(17-2)12(15)9-11/h3-4,9H,5-8,10H2,1-2H3. The van der Waals surface area contributed by atoms with Crippen molar-refractivity contribution in [2.75, 3.05) is 34.0 Å². The zero-order chi connectivity index (χ0) is 13.0. The van der Waals surface area contributed by atoms with E-state index in [9.17, 15) is 0 Å². The van der Waals surface area contributed by atoms with Gasteiger partial charge in [0.2, 0.25) is 0 Å². The van der Waals surface area contributed by atoms with Gasteiger partial charge in [0.15, 0.2) is 0 Å². The highest BCUT2D eigenvalue weighted by Crippen LogP contribution is 2.38. The first kappa shape index (κ1) is 13.8. The van der Waals surface area contributed by atoms with Crippen molar-refractivity contribution in [1.29, 1.82) is 0 Å². The molecule has 18 heavy (non-hydrogen) atoms. The van der Waals surface area contributed by atoms with Gasteiger partial charge in [0.25, 0.3) is 0 Å². The lowest BCUT2D eigenvalue weighted by molar-refractivity contribution is 0.0136. The van der Waals surface area contributed by atoms with Gasteiger partial charge >= 0.3 is 0 Å². The van der Waals surface area contributed by atoms with Crippen molar-refractivity contribution >= 4 is 15.9 Å². The number of halogens is 1. The maximum absolute atomic E-state index is 5.48. The Labute approximate surface area is 117 Å². The lowest BCUT2D eigenvalue weighted by Gasteiger charge is -2.37. The molecule has 1 aliphatic rings. The van der Waals surface area contributed by atoms with E-state index in [1.807, 2.05) is 6.07 Å². The van der Waals surface area contributed by atoms with Gasteiger partial charge in [-0.1, -0.05) is 6.07 Å². The van der Waals surface area contributed by atoms with Crippen LogP contribution in [0, 0.1) is 0 Å². The third-order valence-corrected chi connectivity index (χ3v) is 4.25. The largest absolute Gasteiger partial charge is 0.496 e. The molecule has 0 aliphatic carbocycles. The molecule has 3 nitrogen and oxygen atoms in total. The lowest BCUT2D eigenvalue weighted by Crippen LogP contribution is -2.38. The SMILES string of the molecule is COCC1(c2ccc(OC)c(Br)c2)CCOCC1. The third-order valence-electron chi connectivity index (χ3n) is 3.63. The Kier molecular flexibility index (Phi) is 4.65. The molecular formula is C14H19BrO3. The highest BCUT2D eigenvalue weighted by molar-refractivity contribution is 9.10. The van der Waals surface area contributed by atoms with Crippen molar-refractivity contribution in [2.45, 2.75) is 18.3 Å². The van der Waals surface area contributed by atoms with Crippen LogP contribution in [0.3, 0.4) is 0 Å². The molecule has 1 aliphatic heterocycles. The number of methoxy groups -OCH3 is 2. The number of hydrogen-bond acceptors (Lipinski definition) is 3. The van der Waals surface area contributed by atoms with Crippen molar-refractivity contribution in [2.24, 2.45) is 0 Å². The first-order chi connectivity index (χ1) is 8.72. The molecule has 1 fully saturated rings. The van der Waals surface area contributed by atoms with Gasteiger partial charge in [-0.05, 0) is 46.5 Å². The summed E-state index contributed by atoms with van der Waals surface area (Å²) in [4.78, 5) is 0. The fourth-order valence-corrected chi connectivity index (χ4v) is 3.09. The van der Waals surface area contributed by atoms with Crippen LogP contribution in [0.4, 0.5) is 0 Å². The Balaban J connectivity index is 2.33. The highest BCUT2D eigenvalue weighted by atomic mass is 79.9. The smallest absolute Gasteiger partial charge is 0.133 e. The van der Waals surface area contributed by atoms with E-state index in [2.05, 4.69) is 28.1 Å². The molecule has 1 saturated heterocycles. The first-order valence-corrected chi connectivity index (χ1v) is 6.92. The fourth-order valence-electron chi connectivity index (χ4n) is 2.55. The van der Waals surface area contributed by atoms with E-state index in [-0.39, 0.29) is 5.41 Å². The second kappa shape index (κ2) is 6.04. The predicted molar refractivity (Wildman–Crippen MR) is 74.3 cm³/mol. The molecule has 0 spiro atoms. The maximum Gasteiger partial charge on any atom is 0.133 e. The van der Waals surface area contributed by atoms with Crippen LogP contribution in [0.5, 0.6) is 5.75 Å². The highest BCUT2D eigenvalue weighted by Gasteiger charge is 2.34. The monoisotopic (exact) mass is 314 g/mol. The van der Waals surface area contributed by atoms with Crippen LogP contribution >= 0.6 is 15.9 Å². The van der Waals surface area contributed by atoms with E-state index in [1.54, 1.807) is 14.2 Å². The van der Waals surface area contributed by atoms with Crippen LogP contribution < -0.4 is 4.74 Å². The number of hydrogen-bond donors (Lipinski definition) is 0. The van der Waals surface area contributed by atoms with Crippen LogP contribution in [-0.2, 0) is 14.9 Å². The minimum atomic E-state index is 0.0712. The summed E-state index contributed by atoms with van der Waals surface area (Å²) in [7, 11) is 3.44. The molecule has 1 heterocycles. The summed E-state index contributed by atoms with van der Waals surface area (Å²) >= 11 is 3.55. The fraction of sp³-hybridized carbons (Fsp3) is 0.571. The average molecular weight is 315 g/mol. The van der Waals surface area contributed by atoms with Crippen molar-refractivity contribution < 1.29 is 14.2 Å². The third kappa shape index (κ3) is 2.71. The molecule has 0 atom stereocenters. The van der Waals surface area contributed by atoms with Gasteiger partial charge in [-0.25, -0.2) is 0 Å². The van der Waals surface area contributed by atoms with Gasteiger partial charge in [-0.2, -0.15) is 0 Å². The summed E-state index contributed by atoms with van der Waals surface area (Å²) in [6.07, 6.45) is 2.00. The van der Waals surface area contributed by atoms with Gasteiger partial charge in [-0.3, -0.25) is 0 Å². The van der Waals surface area contributed by atoms with Crippen LogP contribution in [0.25, 0.3) is 0 Å². The van der Waals surface area contributed by atoms with Crippen molar-refractivity contribution in [1.82, 2.24) is 0 Å². The Hall–Kier alpha value is -0.580. The van der Waals surface area contributed by atoms with E-state index in [1.165, 1.54) is 5.56 Å². The number of benzene rings is 1. The molecule has 0 bridgehead atoms. The Morgan fingerprint density at radius 1 is 1.28 bits per heavy atom. The summed E-state index contributed by atoms with van der Waals surface area (Å²) in [5.74, 6) is 0.860. The summed E-state index contributed by atoms with van der Waals surface area (Å²) in [6.45, 7) is 2.33. The van der Waals surface area contributed by atoms with Crippen LogP contribution in [0.2, 0.25) is 0 Å². The summed E-state index contributed by atoms with van der Waals surface area (Å²) in [5, 5.41) is 0. The van der Waals surface area contributed by atoms with Gasteiger partial charge in [0, 0.05) is 25.7 Å². The number of rotatable bonds is 4. The van der Waals surface area contributed by atoms with Gasteiger partial charge in [0.05, 0.1) is 18.2 Å². The molecule has 0 N–H and O–H groups in total. The maximum atomic E-state index is 5.48. The normalized spacial score (nSPS) is 18.6. The van der Waals surface area contributed by atoms with E-state index < -0.39 is 0 Å².